The summed E-state index contributed by atoms with van der Waals surface area (Å²) in [6.07, 6.45) is 0. The van der Waals surface area contributed by atoms with Gasteiger partial charge in [-0.25, -0.2) is 0 Å². The highest BCUT2D eigenvalue weighted by atomic mass is 16.6. The van der Waals surface area contributed by atoms with Gasteiger partial charge in [0.25, 0.3) is 5.69 Å². The second-order valence-electron chi connectivity index (χ2n) is 5.58. The molecule has 0 fully saturated rings. The fourth-order valence-electron chi connectivity index (χ4n) is 2.73. The number of benzene rings is 3. The molecule has 3 aromatic carbocycles. The summed E-state index contributed by atoms with van der Waals surface area (Å²) in [6.45, 7) is 0. The fourth-order valence-corrected chi connectivity index (χ4v) is 2.73. The lowest BCUT2D eigenvalue weighted by Crippen LogP contribution is -2.37. The lowest BCUT2D eigenvalue weighted by Gasteiger charge is -2.28. The number of hydrogen-bond acceptors (Lipinski definition) is 4. The number of Topliss-reactive ketones (excluding diaryl/α,β-unsaturated/α-hetero) is 1. The number of nitro benzene ring substituents is 1. The Kier molecular flexibility index (Phi) is 4.41. The van der Waals surface area contributed by atoms with Crippen molar-refractivity contribution in [3.05, 3.63) is 112 Å². The van der Waals surface area contributed by atoms with Crippen molar-refractivity contribution in [2.75, 3.05) is 0 Å². The van der Waals surface area contributed by atoms with E-state index in [0.717, 1.165) is 0 Å². The number of non-ortho nitro benzene ring substituents is 1. The smallest absolute Gasteiger partial charge is 0.269 e. The molecule has 0 bridgehead atoms. The third-order valence-corrected chi connectivity index (χ3v) is 4.05. The molecule has 0 aliphatic carbocycles. The fraction of sp³-hybridized carbons (Fsp3) is 0.0500. The number of aliphatic hydroxyl groups is 1. The van der Waals surface area contributed by atoms with Crippen LogP contribution in [-0.2, 0) is 5.60 Å². The minimum Gasteiger partial charge on any atom is -0.373 e. The second-order valence-corrected chi connectivity index (χ2v) is 5.58. The number of carbonyl (C=O) groups is 1. The van der Waals surface area contributed by atoms with E-state index in [1.807, 2.05) is 0 Å². The average Bonchev–Trinajstić information content (AvgIpc) is 2.68. The van der Waals surface area contributed by atoms with Gasteiger partial charge in [0, 0.05) is 17.7 Å². The molecule has 1 N–H and O–H groups in total. The van der Waals surface area contributed by atoms with E-state index in [0.29, 0.717) is 11.1 Å². The minimum atomic E-state index is -1.88. The van der Waals surface area contributed by atoms with Crippen LogP contribution in [0.4, 0.5) is 5.69 Å². The third-order valence-electron chi connectivity index (χ3n) is 4.05. The highest BCUT2D eigenvalue weighted by Gasteiger charge is 2.40. The molecule has 0 saturated heterocycles. The van der Waals surface area contributed by atoms with Gasteiger partial charge in [0.1, 0.15) is 0 Å². The van der Waals surface area contributed by atoms with Crippen molar-refractivity contribution in [3.8, 4) is 0 Å². The van der Waals surface area contributed by atoms with E-state index in [2.05, 4.69) is 0 Å². The molecule has 0 aromatic heterocycles. The monoisotopic (exact) mass is 333 g/mol. The van der Waals surface area contributed by atoms with Gasteiger partial charge in [-0.3, -0.25) is 14.9 Å². The molecule has 0 unspecified atom stereocenters. The quantitative estimate of drug-likeness (QED) is 0.438. The van der Waals surface area contributed by atoms with Gasteiger partial charge >= 0.3 is 0 Å². The Morgan fingerprint density at radius 2 is 1.24 bits per heavy atom. The van der Waals surface area contributed by atoms with Crippen LogP contribution in [0.1, 0.15) is 21.5 Å². The minimum absolute atomic E-state index is 0.112. The third kappa shape index (κ3) is 3.05. The molecular formula is C20H15NO4. The van der Waals surface area contributed by atoms with E-state index in [-0.39, 0.29) is 11.3 Å². The zero-order valence-corrected chi connectivity index (χ0v) is 13.2. The molecule has 0 saturated carbocycles. The van der Waals surface area contributed by atoms with Crippen LogP contribution >= 0.6 is 0 Å². The molecule has 0 aliphatic heterocycles. The van der Waals surface area contributed by atoms with Crippen molar-refractivity contribution in [2.24, 2.45) is 0 Å². The molecule has 5 heteroatoms. The first-order valence-corrected chi connectivity index (χ1v) is 7.66. The van der Waals surface area contributed by atoms with E-state index in [4.69, 9.17) is 0 Å². The molecular weight excluding hydrogens is 318 g/mol. The summed E-state index contributed by atoms with van der Waals surface area (Å²) in [4.78, 5) is 23.4. The van der Waals surface area contributed by atoms with Crippen molar-refractivity contribution in [1.82, 2.24) is 0 Å². The summed E-state index contributed by atoms with van der Waals surface area (Å²) >= 11 is 0. The van der Waals surface area contributed by atoms with Gasteiger partial charge in [0.2, 0.25) is 5.78 Å². The van der Waals surface area contributed by atoms with Gasteiger partial charge in [-0.05, 0) is 23.3 Å². The molecule has 5 nitrogen and oxygen atoms in total. The highest BCUT2D eigenvalue weighted by Crippen LogP contribution is 2.33. The Hall–Kier alpha value is -3.31. The standard InChI is InChI=1S/C20H15NO4/c22-19(15-11-13-18(14-12-15)21(24)25)20(23,16-7-3-1-4-8-16)17-9-5-2-6-10-17/h1-14,23H. The van der Waals surface area contributed by atoms with Gasteiger partial charge in [-0.1, -0.05) is 60.7 Å². The summed E-state index contributed by atoms with van der Waals surface area (Å²) < 4.78 is 0. The van der Waals surface area contributed by atoms with Crippen LogP contribution in [0.2, 0.25) is 0 Å². The molecule has 124 valence electrons. The summed E-state index contributed by atoms with van der Waals surface area (Å²) in [5, 5.41) is 22.2. The number of hydrogen-bond donors (Lipinski definition) is 1. The Balaban J connectivity index is 2.12. The summed E-state index contributed by atoms with van der Waals surface area (Å²) in [5.74, 6) is -0.542. The molecule has 0 amide bonds. The lowest BCUT2D eigenvalue weighted by atomic mass is 9.80. The molecule has 0 atom stereocenters. The van der Waals surface area contributed by atoms with E-state index >= 15 is 0 Å². The van der Waals surface area contributed by atoms with Gasteiger partial charge in [-0.2, -0.15) is 0 Å². The van der Waals surface area contributed by atoms with Gasteiger partial charge in [0.05, 0.1) is 4.92 Å². The van der Waals surface area contributed by atoms with Crippen molar-refractivity contribution in [1.29, 1.82) is 0 Å². The van der Waals surface area contributed by atoms with E-state index in [1.165, 1.54) is 24.3 Å². The normalized spacial score (nSPS) is 11.1. The van der Waals surface area contributed by atoms with E-state index < -0.39 is 16.3 Å². The predicted octanol–water partition coefficient (Wildman–Crippen LogP) is 3.71. The zero-order chi connectivity index (χ0) is 17.9. The summed E-state index contributed by atoms with van der Waals surface area (Å²) in [5.41, 5.74) is -0.923. The van der Waals surface area contributed by atoms with Crippen LogP contribution in [0.25, 0.3) is 0 Å². The van der Waals surface area contributed by atoms with Crippen LogP contribution in [0.3, 0.4) is 0 Å². The number of rotatable bonds is 5. The first kappa shape index (κ1) is 16.5. The molecule has 25 heavy (non-hydrogen) atoms. The lowest BCUT2D eigenvalue weighted by molar-refractivity contribution is -0.384. The molecule has 0 aliphatic rings. The molecule has 0 spiro atoms. The van der Waals surface area contributed by atoms with Crippen LogP contribution in [0.5, 0.6) is 0 Å². The Labute approximate surface area is 144 Å². The van der Waals surface area contributed by atoms with E-state index in [9.17, 15) is 20.0 Å². The topological polar surface area (TPSA) is 80.4 Å². The van der Waals surface area contributed by atoms with E-state index in [1.54, 1.807) is 60.7 Å². The molecule has 3 rings (SSSR count). The van der Waals surface area contributed by atoms with Crippen LogP contribution in [0, 0.1) is 10.1 Å². The first-order valence-electron chi connectivity index (χ1n) is 7.66. The zero-order valence-electron chi connectivity index (χ0n) is 13.2. The Morgan fingerprint density at radius 3 is 1.64 bits per heavy atom. The maximum absolute atomic E-state index is 13.1. The molecule has 0 radical (unpaired) electrons. The number of nitrogens with zero attached hydrogens (tertiary/aromatic N) is 1. The Bertz CT molecular complexity index is 850. The maximum atomic E-state index is 13.1. The number of ketones is 1. The summed E-state index contributed by atoms with van der Waals surface area (Å²) in [7, 11) is 0. The van der Waals surface area contributed by atoms with Crippen molar-refractivity contribution < 1.29 is 14.8 Å². The number of nitro groups is 1. The van der Waals surface area contributed by atoms with Gasteiger partial charge in [-0.15, -0.1) is 0 Å². The summed E-state index contributed by atoms with van der Waals surface area (Å²) in [6, 6.07) is 22.5. The predicted molar refractivity (Wildman–Crippen MR) is 93.3 cm³/mol. The van der Waals surface area contributed by atoms with Gasteiger partial charge < -0.3 is 5.11 Å². The average molecular weight is 333 g/mol. The highest BCUT2D eigenvalue weighted by molar-refractivity contribution is 6.05. The Morgan fingerprint density at radius 1 is 0.800 bits per heavy atom. The molecule has 0 heterocycles. The van der Waals surface area contributed by atoms with Crippen molar-refractivity contribution in [2.45, 2.75) is 5.60 Å². The second kappa shape index (κ2) is 6.67. The van der Waals surface area contributed by atoms with Crippen molar-refractivity contribution >= 4 is 11.5 Å². The van der Waals surface area contributed by atoms with Gasteiger partial charge in [0.15, 0.2) is 5.60 Å². The SMILES string of the molecule is O=C(c1ccc([N+](=O)[O-])cc1)C(O)(c1ccccc1)c1ccccc1. The number of carbonyl (C=O) groups excluding carboxylic acids is 1. The first-order chi connectivity index (χ1) is 12.0. The largest absolute Gasteiger partial charge is 0.373 e. The maximum Gasteiger partial charge on any atom is 0.269 e. The van der Waals surface area contributed by atoms with Crippen LogP contribution in [-0.4, -0.2) is 15.8 Å². The molecule has 3 aromatic rings. The van der Waals surface area contributed by atoms with Crippen LogP contribution in [0.15, 0.2) is 84.9 Å². The van der Waals surface area contributed by atoms with Crippen molar-refractivity contribution in [3.63, 3.8) is 0 Å². The van der Waals surface area contributed by atoms with Crippen LogP contribution < -0.4 is 0 Å².